The van der Waals surface area contributed by atoms with Crippen molar-refractivity contribution in [1.82, 2.24) is 5.32 Å². The summed E-state index contributed by atoms with van der Waals surface area (Å²) in [5.74, 6) is 0.639. The fourth-order valence-corrected chi connectivity index (χ4v) is 4.12. The number of hydrogen-bond acceptors (Lipinski definition) is 4. The number of amides is 1. The van der Waals surface area contributed by atoms with Crippen LogP contribution in [0.25, 0.3) is 10.8 Å². The minimum Gasteiger partial charge on any atom is -0.484 e. The molecule has 1 saturated heterocycles. The van der Waals surface area contributed by atoms with E-state index in [4.69, 9.17) is 14.0 Å². The van der Waals surface area contributed by atoms with E-state index in [-0.39, 0.29) is 23.7 Å². The molecule has 2 aliphatic rings. The normalized spacial score (nSPS) is 21.0. The number of ether oxygens (including phenoxy) is 1. The summed E-state index contributed by atoms with van der Waals surface area (Å²) in [5, 5.41) is 5.23. The fraction of sp³-hybridized carbons (Fsp3) is 0.542. The summed E-state index contributed by atoms with van der Waals surface area (Å²) in [6.07, 6.45) is 5.81. The van der Waals surface area contributed by atoms with Crippen LogP contribution in [-0.2, 0) is 14.1 Å². The van der Waals surface area contributed by atoms with Gasteiger partial charge in [-0.1, -0.05) is 43.5 Å². The number of benzene rings is 2. The Kier molecular flexibility index (Phi) is 5.82. The lowest BCUT2D eigenvalue weighted by molar-refractivity contribution is -0.124. The molecule has 160 valence electrons. The van der Waals surface area contributed by atoms with Gasteiger partial charge >= 0.3 is 7.12 Å². The first-order valence-electron chi connectivity index (χ1n) is 11.1. The van der Waals surface area contributed by atoms with Crippen molar-refractivity contribution < 1.29 is 18.8 Å². The van der Waals surface area contributed by atoms with Gasteiger partial charge in [0, 0.05) is 6.04 Å². The molecule has 1 aliphatic carbocycles. The Balaban J connectivity index is 1.42. The van der Waals surface area contributed by atoms with Crippen molar-refractivity contribution in [3.05, 3.63) is 36.4 Å². The molecule has 1 amide bonds. The third-order valence-electron chi connectivity index (χ3n) is 6.70. The molecule has 2 aromatic rings. The molecule has 4 rings (SSSR count). The van der Waals surface area contributed by atoms with Gasteiger partial charge in [0.1, 0.15) is 5.75 Å². The number of nitrogens with one attached hydrogen (secondary N) is 1. The van der Waals surface area contributed by atoms with Crippen LogP contribution in [0.2, 0.25) is 0 Å². The predicted octanol–water partition coefficient (Wildman–Crippen LogP) is 3.97. The third-order valence-corrected chi connectivity index (χ3v) is 6.70. The zero-order chi connectivity index (χ0) is 21.4. The van der Waals surface area contributed by atoms with Crippen LogP contribution in [-0.4, -0.2) is 36.9 Å². The van der Waals surface area contributed by atoms with E-state index in [9.17, 15) is 4.79 Å². The van der Waals surface area contributed by atoms with Gasteiger partial charge in [-0.05, 0) is 68.9 Å². The fourth-order valence-electron chi connectivity index (χ4n) is 4.12. The smallest absolute Gasteiger partial charge is 0.484 e. The Morgan fingerprint density at radius 3 is 2.37 bits per heavy atom. The van der Waals surface area contributed by atoms with E-state index in [0.29, 0.717) is 11.8 Å². The van der Waals surface area contributed by atoms with Crippen molar-refractivity contribution in [2.24, 2.45) is 0 Å². The molecule has 1 heterocycles. The van der Waals surface area contributed by atoms with Gasteiger partial charge in [-0.25, -0.2) is 0 Å². The first kappa shape index (κ1) is 21.2. The molecule has 0 radical (unpaired) electrons. The number of carbonyl (C=O) groups is 1. The quantitative estimate of drug-likeness (QED) is 0.760. The van der Waals surface area contributed by atoms with E-state index in [0.717, 1.165) is 29.1 Å². The molecule has 5 nitrogen and oxygen atoms in total. The van der Waals surface area contributed by atoms with Gasteiger partial charge in [0.05, 0.1) is 11.2 Å². The van der Waals surface area contributed by atoms with Crippen LogP contribution >= 0.6 is 0 Å². The van der Waals surface area contributed by atoms with Gasteiger partial charge in [0.15, 0.2) is 6.61 Å². The van der Waals surface area contributed by atoms with Gasteiger partial charge in [0.2, 0.25) is 0 Å². The molecule has 0 bridgehead atoms. The molecule has 0 atom stereocenters. The molecule has 1 saturated carbocycles. The molecule has 0 aromatic heterocycles. The van der Waals surface area contributed by atoms with E-state index >= 15 is 0 Å². The van der Waals surface area contributed by atoms with E-state index < -0.39 is 7.12 Å². The largest absolute Gasteiger partial charge is 0.494 e. The minimum atomic E-state index is -0.398. The second kappa shape index (κ2) is 8.24. The van der Waals surface area contributed by atoms with E-state index in [1.165, 1.54) is 19.3 Å². The maximum absolute atomic E-state index is 12.2. The summed E-state index contributed by atoms with van der Waals surface area (Å²) in [6, 6.07) is 12.4. The summed E-state index contributed by atoms with van der Waals surface area (Å²) in [4.78, 5) is 12.2. The van der Waals surface area contributed by atoms with Crippen molar-refractivity contribution in [3.8, 4) is 5.75 Å². The first-order valence-corrected chi connectivity index (χ1v) is 11.1. The van der Waals surface area contributed by atoms with E-state index in [2.05, 4.69) is 45.1 Å². The monoisotopic (exact) mass is 409 g/mol. The molecule has 1 N–H and O–H groups in total. The number of carbonyl (C=O) groups excluding carboxylic acids is 1. The van der Waals surface area contributed by atoms with Crippen LogP contribution in [0.1, 0.15) is 59.8 Å². The molecule has 0 spiro atoms. The maximum Gasteiger partial charge on any atom is 0.494 e. The van der Waals surface area contributed by atoms with Crippen LogP contribution in [0.5, 0.6) is 5.75 Å². The third kappa shape index (κ3) is 4.50. The molecule has 30 heavy (non-hydrogen) atoms. The molecule has 0 unspecified atom stereocenters. The average Bonchev–Trinajstić information content (AvgIpc) is 2.94. The van der Waals surface area contributed by atoms with Crippen molar-refractivity contribution in [2.75, 3.05) is 6.61 Å². The molecular weight excluding hydrogens is 377 g/mol. The second-order valence-corrected chi connectivity index (χ2v) is 9.55. The Labute approximate surface area is 179 Å². The lowest BCUT2D eigenvalue weighted by Gasteiger charge is -2.32. The number of rotatable bonds is 5. The summed E-state index contributed by atoms with van der Waals surface area (Å²) < 4.78 is 18.1. The van der Waals surface area contributed by atoms with Gasteiger partial charge in [0.25, 0.3) is 5.91 Å². The highest BCUT2D eigenvalue weighted by molar-refractivity contribution is 6.62. The summed E-state index contributed by atoms with van der Waals surface area (Å²) >= 11 is 0. The van der Waals surface area contributed by atoms with Crippen molar-refractivity contribution >= 4 is 29.3 Å². The van der Waals surface area contributed by atoms with Crippen molar-refractivity contribution in [3.63, 3.8) is 0 Å². The molecule has 6 heteroatoms. The zero-order valence-electron chi connectivity index (χ0n) is 18.5. The molecule has 2 aromatic carbocycles. The first-order chi connectivity index (χ1) is 14.2. The van der Waals surface area contributed by atoms with Crippen LogP contribution in [0.4, 0.5) is 0 Å². The Morgan fingerprint density at radius 2 is 1.67 bits per heavy atom. The van der Waals surface area contributed by atoms with Crippen LogP contribution < -0.4 is 15.5 Å². The highest BCUT2D eigenvalue weighted by atomic mass is 16.7. The van der Waals surface area contributed by atoms with Crippen molar-refractivity contribution in [2.45, 2.75) is 77.0 Å². The topological polar surface area (TPSA) is 56.8 Å². The lowest BCUT2D eigenvalue weighted by atomic mass is 9.78. The maximum atomic E-state index is 12.2. The number of hydrogen-bond donors (Lipinski definition) is 1. The Bertz CT molecular complexity index is 905. The lowest BCUT2D eigenvalue weighted by Crippen LogP contribution is -2.41. The molecule has 2 fully saturated rings. The predicted molar refractivity (Wildman–Crippen MR) is 120 cm³/mol. The summed E-state index contributed by atoms with van der Waals surface area (Å²) in [7, 11) is -0.398. The summed E-state index contributed by atoms with van der Waals surface area (Å²) in [6.45, 7) is 8.26. The summed E-state index contributed by atoms with van der Waals surface area (Å²) in [5.41, 5.74) is 0.236. The highest BCUT2D eigenvalue weighted by Gasteiger charge is 2.51. The standard InChI is InChI=1S/C24H32BNO4/c1-23(2)24(3,4)30-25(29-23)19-12-10-17-11-13-21(15-18(17)14-19)28-16-22(27)26-20-8-6-5-7-9-20/h10-15,20H,5-9,16H2,1-4H3,(H,26,27). The van der Waals surface area contributed by atoms with E-state index in [1.807, 2.05) is 24.3 Å². The van der Waals surface area contributed by atoms with Gasteiger partial charge < -0.3 is 19.4 Å². The van der Waals surface area contributed by atoms with Crippen molar-refractivity contribution in [1.29, 1.82) is 0 Å². The van der Waals surface area contributed by atoms with E-state index in [1.54, 1.807) is 0 Å². The highest BCUT2D eigenvalue weighted by Crippen LogP contribution is 2.36. The SMILES string of the molecule is CC1(C)OB(c2ccc3ccc(OCC(=O)NC4CCCCC4)cc3c2)OC1(C)C. The Morgan fingerprint density at radius 1 is 1.00 bits per heavy atom. The van der Waals surface area contributed by atoms with Gasteiger partial charge in [-0.15, -0.1) is 0 Å². The molecule has 1 aliphatic heterocycles. The van der Waals surface area contributed by atoms with Crippen LogP contribution in [0.15, 0.2) is 36.4 Å². The van der Waals surface area contributed by atoms with Gasteiger partial charge in [-0.2, -0.15) is 0 Å². The Hall–Kier alpha value is -2.05. The average molecular weight is 409 g/mol. The minimum absolute atomic E-state index is 0.0406. The van der Waals surface area contributed by atoms with Crippen LogP contribution in [0, 0.1) is 0 Å². The zero-order valence-corrected chi connectivity index (χ0v) is 18.5. The van der Waals surface area contributed by atoms with Crippen LogP contribution in [0.3, 0.4) is 0 Å². The number of fused-ring (bicyclic) bond motifs is 1. The van der Waals surface area contributed by atoms with Gasteiger partial charge in [-0.3, -0.25) is 4.79 Å². The second-order valence-electron chi connectivity index (χ2n) is 9.55. The molecular formula is C24H32BNO4.